The maximum Gasteiger partial charge on any atom is 0.282 e. The van der Waals surface area contributed by atoms with Gasteiger partial charge in [-0.15, -0.1) is 0 Å². The lowest BCUT2D eigenvalue weighted by molar-refractivity contribution is 0.101. The van der Waals surface area contributed by atoms with E-state index in [0.717, 1.165) is 22.9 Å². The summed E-state index contributed by atoms with van der Waals surface area (Å²) in [5, 5.41) is 6.09. The number of alkyl halides is 2. The molecule has 0 fully saturated rings. The van der Waals surface area contributed by atoms with Gasteiger partial charge in [-0.1, -0.05) is 18.2 Å². The highest BCUT2D eigenvalue weighted by atomic mass is 19.3. The van der Waals surface area contributed by atoms with Crippen LogP contribution < -0.4 is 5.32 Å². The van der Waals surface area contributed by atoms with Crippen LogP contribution >= 0.6 is 0 Å². The minimum atomic E-state index is -2.91. The van der Waals surface area contributed by atoms with Crippen molar-refractivity contribution >= 4 is 11.6 Å². The van der Waals surface area contributed by atoms with Gasteiger partial charge < -0.3 is 5.32 Å². The van der Waals surface area contributed by atoms with Gasteiger partial charge in [0, 0.05) is 30.6 Å². The topological polar surface area (TPSA) is 46.9 Å². The van der Waals surface area contributed by atoms with Crippen LogP contribution in [0.25, 0.3) is 11.1 Å². The molecule has 0 radical (unpaired) electrons. The zero-order valence-corrected chi connectivity index (χ0v) is 13.5. The molecule has 0 unspecified atom stereocenters. The highest BCUT2D eigenvalue weighted by Gasteiger charge is 2.23. The molecule has 1 aromatic heterocycles. The standard InChI is InChI=1S/C18H13F4N3O/c1-25-9-14(16(24-25)17(21)22)18(26)23-15-5-3-2-4-13(15)10-6-11(19)8-12(20)7-10/h2-9,17H,1H3,(H,23,26). The smallest absolute Gasteiger partial charge is 0.282 e. The molecular formula is C18H13F4N3O. The average Bonchev–Trinajstić information content (AvgIpc) is 2.97. The van der Waals surface area contributed by atoms with E-state index in [4.69, 9.17) is 0 Å². The molecule has 1 N–H and O–H groups in total. The van der Waals surface area contributed by atoms with E-state index >= 15 is 0 Å². The summed E-state index contributed by atoms with van der Waals surface area (Å²) in [6, 6.07) is 9.25. The number of nitrogens with one attached hydrogen (secondary N) is 1. The number of aromatic nitrogens is 2. The van der Waals surface area contributed by atoms with E-state index in [1.165, 1.54) is 19.3 Å². The first kappa shape index (κ1) is 17.7. The zero-order chi connectivity index (χ0) is 18.8. The molecule has 3 aromatic rings. The number of aryl methyl sites for hydroxylation is 1. The lowest BCUT2D eigenvalue weighted by atomic mass is 10.0. The number of amides is 1. The van der Waals surface area contributed by atoms with Crippen LogP contribution in [0.3, 0.4) is 0 Å². The van der Waals surface area contributed by atoms with Crippen molar-refractivity contribution in [3.05, 3.63) is 71.6 Å². The fourth-order valence-electron chi connectivity index (χ4n) is 2.58. The monoisotopic (exact) mass is 363 g/mol. The SMILES string of the molecule is Cn1cc(C(=O)Nc2ccccc2-c2cc(F)cc(F)c2)c(C(F)F)n1. The van der Waals surface area contributed by atoms with Gasteiger partial charge in [0.1, 0.15) is 17.3 Å². The third-order valence-electron chi connectivity index (χ3n) is 3.66. The summed E-state index contributed by atoms with van der Waals surface area (Å²) in [6.07, 6.45) is -1.73. The van der Waals surface area contributed by atoms with Crippen LogP contribution in [0.5, 0.6) is 0 Å². The van der Waals surface area contributed by atoms with E-state index in [-0.39, 0.29) is 16.8 Å². The number of hydrogen-bond donors (Lipinski definition) is 1. The van der Waals surface area contributed by atoms with E-state index in [0.29, 0.717) is 5.56 Å². The third-order valence-corrected chi connectivity index (χ3v) is 3.66. The van der Waals surface area contributed by atoms with Gasteiger partial charge in [0.25, 0.3) is 12.3 Å². The molecule has 1 amide bonds. The number of carbonyl (C=O) groups excluding carboxylic acids is 1. The molecule has 4 nitrogen and oxygen atoms in total. The molecule has 0 aliphatic rings. The van der Waals surface area contributed by atoms with Gasteiger partial charge in [-0.3, -0.25) is 9.48 Å². The molecule has 0 saturated carbocycles. The van der Waals surface area contributed by atoms with E-state index < -0.39 is 29.7 Å². The molecule has 0 aliphatic heterocycles. The van der Waals surface area contributed by atoms with Crippen molar-refractivity contribution in [1.82, 2.24) is 9.78 Å². The van der Waals surface area contributed by atoms with Gasteiger partial charge in [0.05, 0.1) is 5.56 Å². The first-order valence-electron chi connectivity index (χ1n) is 7.53. The van der Waals surface area contributed by atoms with Crippen molar-refractivity contribution in [3.63, 3.8) is 0 Å². The number of nitrogens with zero attached hydrogens (tertiary/aromatic N) is 2. The molecule has 0 bridgehead atoms. The predicted octanol–water partition coefficient (Wildman–Crippen LogP) is 4.56. The third kappa shape index (κ3) is 3.58. The van der Waals surface area contributed by atoms with Gasteiger partial charge in [0.2, 0.25) is 0 Å². The first-order valence-corrected chi connectivity index (χ1v) is 7.53. The molecule has 26 heavy (non-hydrogen) atoms. The van der Waals surface area contributed by atoms with Gasteiger partial charge in [-0.2, -0.15) is 5.10 Å². The van der Waals surface area contributed by atoms with E-state index in [1.807, 2.05) is 0 Å². The molecule has 2 aromatic carbocycles. The van der Waals surface area contributed by atoms with Crippen molar-refractivity contribution in [1.29, 1.82) is 0 Å². The van der Waals surface area contributed by atoms with Crippen molar-refractivity contribution in [2.24, 2.45) is 7.05 Å². The minimum Gasteiger partial charge on any atom is -0.321 e. The Bertz CT molecular complexity index is 949. The average molecular weight is 363 g/mol. The summed E-state index contributed by atoms with van der Waals surface area (Å²) in [5.41, 5.74) is -0.131. The first-order chi connectivity index (χ1) is 12.3. The lowest BCUT2D eigenvalue weighted by Crippen LogP contribution is -2.14. The number of halogens is 4. The molecule has 8 heteroatoms. The maximum absolute atomic E-state index is 13.5. The van der Waals surface area contributed by atoms with E-state index in [2.05, 4.69) is 10.4 Å². The van der Waals surface area contributed by atoms with Crippen LogP contribution in [0.2, 0.25) is 0 Å². The highest BCUT2D eigenvalue weighted by molar-refractivity contribution is 6.06. The second-order valence-corrected chi connectivity index (χ2v) is 5.56. The Morgan fingerprint density at radius 2 is 1.77 bits per heavy atom. The van der Waals surface area contributed by atoms with Crippen molar-refractivity contribution in [3.8, 4) is 11.1 Å². The Balaban J connectivity index is 1.98. The fraction of sp³-hybridized carbons (Fsp3) is 0.111. The molecule has 0 aliphatic carbocycles. The molecule has 134 valence electrons. The number of benzene rings is 2. The second-order valence-electron chi connectivity index (χ2n) is 5.56. The normalized spacial score (nSPS) is 11.0. The van der Waals surface area contributed by atoms with Crippen LogP contribution in [-0.2, 0) is 7.05 Å². The molecule has 0 atom stereocenters. The fourth-order valence-corrected chi connectivity index (χ4v) is 2.58. The molecular weight excluding hydrogens is 350 g/mol. The van der Waals surface area contributed by atoms with Gasteiger partial charge in [-0.05, 0) is 23.8 Å². The van der Waals surface area contributed by atoms with Crippen molar-refractivity contribution in [2.75, 3.05) is 5.32 Å². The van der Waals surface area contributed by atoms with Crippen LogP contribution in [0, 0.1) is 11.6 Å². The number of carbonyl (C=O) groups is 1. The summed E-state index contributed by atoms with van der Waals surface area (Å²) in [5.74, 6) is -2.33. The van der Waals surface area contributed by atoms with Gasteiger partial charge in [-0.25, -0.2) is 17.6 Å². The van der Waals surface area contributed by atoms with E-state index in [1.54, 1.807) is 18.2 Å². The maximum atomic E-state index is 13.5. The van der Waals surface area contributed by atoms with Crippen LogP contribution in [-0.4, -0.2) is 15.7 Å². The van der Waals surface area contributed by atoms with Gasteiger partial charge in [0.15, 0.2) is 0 Å². The van der Waals surface area contributed by atoms with Crippen LogP contribution in [0.1, 0.15) is 22.5 Å². The van der Waals surface area contributed by atoms with Crippen LogP contribution in [0.4, 0.5) is 23.2 Å². The second kappa shape index (κ2) is 6.99. The van der Waals surface area contributed by atoms with Crippen LogP contribution in [0.15, 0.2) is 48.7 Å². The number of rotatable bonds is 4. The summed E-state index contributed by atoms with van der Waals surface area (Å²) in [7, 11) is 1.42. The summed E-state index contributed by atoms with van der Waals surface area (Å²) in [4.78, 5) is 12.4. The molecule has 1 heterocycles. The Morgan fingerprint density at radius 3 is 2.42 bits per heavy atom. The highest BCUT2D eigenvalue weighted by Crippen LogP contribution is 2.30. The lowest BCUT2D eigenvalue weighted by Gasteiger charge is -2.11. The van der Waals surface area contributed by atoms with Crippen molar-refractivity contribution < 1.29 is 22.4 Å². The Kier molecular flexibility index (Phi) is 4.75. The molecule has 0 saturated heterocycles. The Hall–Kier alpha value is -3.16. The largest absolute Gasteiger partial charge is 0.321 e. The summed E-state index contributed by atoms with van der Waals surface area (Å²) < 4.78 is 54.2. The quantitative estimate of drug-likeness (QED) is 0.691. The molecule has 0 spiro atoms. The number of para-hydroxylation sites is 1. The van der Waals surface area contributed by atoms with E-state index in [9.17, 15) is 22.4 Å². The summed E-state index contributed by atoms with van der Waals surface area (Å²) >= 11 is 0. The number of hydrogen-bond acceptors (Lipinski definition) is 2. The Labute approximate surface area is 146 Å². The van der Waals surface area contributed by atoms with Gasteiger partial charge >= 0.3 is 0 Å². The zero-order valence-electron chi connectivity index (χ0n) is 13.5. The predicted molar refractivity (Wildman–Crippen MR) is 87.9 cm³/mol. The summed E-state index contributed by atoms with van der Waals surface area (Å²) in [6.45, 7) is 0. The Morgan fingerprint density at radius 1 is 1.12 bits per heavy atom. The molecule has 3 rings (SSSR count). The van der Waals surface area contributed by atoms with Crippen molar-refractivity contribution in [2.45, 2.75) is 6.43 Å². The number of anilines is 1. The minimum absolute atomic E-state index is 0.207.